The zero-order valence-electron chi connectivity index (χ0n) is 20.4. The minimum absolute atomic E-state index is 0. The highest BCUT2D eigenvalue weighted by atomic mass is 127. The summed E-state index contributed by atoms with van der Waals surface area (Å²) >= 11 is 0. The summed E-state index contributed by atoms with van der Waals surface area (Å²) in [5.41, 5.74) is 1.21. The molecule has 7 nitrogen and oxygen atoms in total. The molecule has 2 aliphatic rings. The molecule has 2 fully saturated rings. The summed E-state index contributed by atoms with van der Waals surface area (Å²) in [5.74, 6) is 3.30. The van der Waals surface area contributed by atoms with E-state index in [2.05, 4.69) is 51.4 Å². The van der Waals surface area contributed by atoms with Crippen molar-refractivity contribution in [3.05, 3.63) is 23.8 Å². The van der Waals surface area contributed by atoms with Crippen molar-refractivity contribution in [3.8, 4) is 11.5 Å². The number of guanidine groups is 1. The molecule has 0 saturated carbocycles. The molecule has 0 bridgehead atoms. The predicted octanol–water partition coefficient (Wildman–Crippen LogP) is 3.18. The van der Waals surface area contributed by atoms with Crippen LogP contribution in [0.1, 0.15) is 38.7 Å². The number of methoxy groups -OCH3 is 2. The fraction of sp³-hybridized carbons (Fsp3) is 0.708. The molecule has 2 unspecified atom stereocenters. The highest BCUT2D eigenvalue weighted by Gasteiger charge is 2.25. The lowest BCUT2D eigenvalue weighted by atomic mass is 9.97. The number of ether oxygens (including phenoxy) is 2. The Morgan fingerprint density at radius 1 is 1.09 bits per heavy atom. The van der Waals surface area contributed by atoms with Gasteiger partial charge in [0.05, 0.1) is 14.2 Å². The molecule has 0 aliphatic carbocycles. The molecule has 2 N–H and O–H groups in total. The van der Waals surface area contributed by atoms with E-state index in [0.717, 1.165) is 50.1 Å². The van der Waals surface area contributed by atoms with E-state index in [0.29, 0.717) is 18.0 Å². The molecule has 2 heterocycles. The maximum Gasteiger partial charge on any atom is 0.191 e. The van der Waals surface area contributed by atoms with E-state index in [1.165, 1.54) is 31.5 Å². The van der Waals surface area contributed by atoms with E-state index in [-0.39, 0.29) is 24.0 Å². The third-order valence-electron chi connectivity index (χ3n) is 6.49. The summed E-state index contributed by atoms with van der Waals surface area (Å²) in [6.07, 6.45) is 3.71. The summed E-state index contributed by atoms with van der Waals surface area (Å²) in [6, 6.07) is 7.15. The number of likely N-dealkylation sites (tertiary alicyclic amines) is 2. The molecule has 1 aromatic carbocycles. The number of nitrogens with zero attached hydrogens (tertiary/aromatic N) is 3. The zero-order chi connectivity index (χ0) is 22.2. The Kier molecular flexibility index (Phi) is 11.3. The number of benzene rings is 1. The first-order valence-electron chi connectivity index (χ1n) is 11.7. The monoisotopic (exact) mass is 559 g/mol. The average Bonchev–Trinajstić information content (AvgIpc) is 3.22. The van der Waals surface area contributed by atoms with Crippen molar-refractivity contribution in [3.63, 3.8) is 0 Å². The van der Waals surface area contributed by atoms with Crippen LogP contribution in [-0.4, -0.2) is 81.8 Å². The fourth-order valence-corrected chi connectivity index (χ4v) is 4.67. The van der Waals surface area contributed by atoms with E-state index in [1.807, 2.05) is 13.1 Å². The number of aliphatic imine (C=N–C) groups is 1. The molecule has 0 spiro atoms. The first-order chi connectivity index (χ1) is 15.0. The average molecular weight is 560 g/mol. The third-order valence-corrected chi connectivity index (χ3v) is 6.49. The Bertz CT molecular complexity index is 708. The predicted molar refractivity (Wildman–Crippen MR) is 143 cm³/mol. The van der Waals surface area contributed by atoms with Crippen molar-refractivity contribution < 1.29 is 9.47 Å². The summed E-state index contributed by atoms with van der Waals surface area (Å²) in [5, 5.41) is 7.22. The van der Waals surface area contributed by atoms with E-state index in [1.54, 1.807) is 14.2 Å². The summed E-state index contributed by atoms with van der Waals surface area (Å²) in [7, 11) is 5.26. The molecule has 2 aliphatic heterocycles. The van der Waals surface area contributed by atoms with E-state index in [4.69, 9.17) is 9.47 Å². The molecule has 32 heavy (non-hydrogen) atoms. The molecule has 0 amide bonds. The van der Waals surface area contributed by atoms with Crippen LogP contribution in [0.25, 0.3) is 0 Å². The van der Waals surface area contributed by atoms with E-state index in [9.17, 15) is 0 Å². The number of hydrogen-bond acceptors (Lipinski definition) is 5. The van der Waals surface area contributed by atoms with Gasteiger partial charge in [-0.3, -0.25) is 9.89 Å². The minimum Gasteiger partial charge on any atom is -0.497 e. The van der Waals surface area contributed by atoms with Crippen molar-refractivity contribution in [2.24, 2.45) is 10.9 Å². The van der Waals surface area contributed by atoms with Crippen molar-refractivity contribution in [2.45, 2.75) is 51.7 Å². The Labute approximate surface area is 211 Å². The van der Waals surface area contributed by atoms with Crippen molar-refractivity contribution >= 4 is 29.9 Å². The molecule has 0 radical (unpaired) electrons. The molecule has 2 atom stereocenters. The molecular weight excluding hydrogens is 517 g/mol. The van der Waals surface area contributed by atoms with Gasteiger partial charge in [-0.2, -0.15) is 0 Å². The van der Waals surface area contributed by atoms with Gasteiger partial charge in [0.25, 0.3) is 0 Å². The van der Waals surface area contributed by atoms with Gasteiger partial charge >= 0.3 is 0 Å². The Morgan fingerprint density at radius 2 is 1.81 bits per heavy atom. The largest absolute Gasteiger partial charge is 0.497 e. The second kappa shape index (κ2) is 13.4. The smallest absolute Gasteiger partial charge is 0.191 e. The Balaban J connectivity index is 0.00000363. The van der Waals surface area contributed by atoms with Crippen LogP contribution < -0.4 is 20.1 Å². The molecule has 0 aromatic heterocycles. The number of nitrogens with one attached hydrogen (secondary N) is 2. The molecule has 3 rings (SSSR count). The second-order valence-electron chi connectivity index (χ2n) is 9.14. The molecule has 1 aromatic rings. The van der Waals surface area contributed by atoms with Gasteiger partial charge in [0.2, 0.25) is 0 Å². The highest BCUT2D eigenvalue weighted by molar-refractivity contribution is 14.0. The lowest BCUT2D eigenvalue weighted by molar-refractivity contribution is 0.141. The second-order valence-corrected chi connectivity index (χ2v) is 9.14. The van der Waals surface area contributed by atoms with Gasteiger partial charge in [0.15, 0.2) is 5.96 Å². The van der Waals surface area contributed by atoms with E-state index < -0.39 is 0 Å². The van der Waals surface area contributed by atoms with E-state index >= 15 is 0 Å². The quantitative estimate of drug-likeness (QED) is 0.290. The normalized spacial score (nSPS) is 22.5. The number of halogens is 1. The molecular formula is C24H42IN5O2. The van der Waals surface area contributed by atoms with Crippen LogP contribution in [-0.2, 0) is 6.54 Å². The minimum atomic E-state index is 0. The van der Waals surface area contributed by atoms with Crippen LogP contribution in [0.15, 0.2) is 23.2 Å². The van der Waals surface area contributed by atoms with Crippen LogP contribution in [0.4, 0.5) is 0 Å². The van der Waals surface area contributed by atoms with Crippen LogP contribution in [0, 0.1) is 5.92 Å². The van der Waals surface area contributed by atoms with Gasteiger partial charge in [0.1, 0.15) is 11.5 Å². The lowest BCUT2D eigenvalue weighted by Crippen LogP contribution is -2.48. The van der Waals surface area contributed by atoms with Crippen LogP contribution in [0.2, 0.25) is 0 Å². The highest BCUT2D eigenvalue weighted by Crippen LogP contribution is 2.24. The topological polar surface area (TPSA) is 61.4 Å². The molecule has 182 valence electrons. The van der Waals surface area contributed by atoms with Crippen molar-refractivity contribution in [1.29, 1.82) is 0 Å². The fourth-order valence-electron chi connectivity index (χ4n) is 4.67. The zero-order valence-corrected chi connectivity index (χ0v) is 22.7. The van der Waals surface area contributed by atoms with Gasteiger partial charge in [-0.25, -0.2) is 0 Å². The van der Waals surface area contributed by atoms with Gasteiger partial charge in [-0.05, 0) is 63.3 Å². The number of rotatable bonds is 8. The Hall–Kier alpha value is -1.26. The van der Waals surface area contributed by atoms with Crippen LogP contribution >= 0.6 is 24.0 Å². The van der Waals surface area contributed by atoms with Crippen molar-refractivity contribution in [2.75, 3.05) is 54.0 Å². The summed E-state index contributed by atoms with van der Waals surface area (Å²) in [4.78, 5) is 9.54. The first kappa shape index (κ1) is 27.0. The number of hydrogen-bond donors (Lipinski definition) is 2. The molecule has 8 heteroatoms. The summed E-state index contributed by atoms with van der Waals surface area (Å²) in [6.45, 7) is 11.0. The van der Waals surface area contributed by atoms with Crippen molar-refractivity contribution in [1.82, 2.24) is 20.4 Å². The summed E-state index contributed by atoms with van der Waals surface area (Å²) < 4.78 is 10.8. The molecule has 2 saturated heterocycles. The Morgan fingerprint density at radius 3 is 2.44 bits per heavy atom. The first-order valence-corrected chi connectivity index (χ1v) is 11.7. The lowest BCUT2D eigenvalue weighted by Gasteiger charge is -2.35. The third kappa shape index (κ3) is 7.95. The standard InChI is InChI=1S/C24H41N5O2.HI/c1-18(2)29-9-6-7-19(16-29)14-26-24(25-3)27-21-8-10-28(17-21)15-20-11-22(30-4)13-23(12-20)31-5;/h11-13,18-19,21H,6-10,14-17H2,1-5H3,(H2,25,26,27);1H. The number of piperidine rings is 1. The SMILES string of the molecule is CN=C(NCC1CCCN(C(C)C)C1)NC1CCN(Cc2cc(OC)cc(OC)c2)C1.I. The van der Waals surface area contributed by atoms with Crippen LogP contribution in [0.5, 0.6) is 11.5 Å². The van der Waals surface area contributed by atoms with Gasteiger partial charge in [0, 0.05) is 57.9 Å². The van der Waals surface area contributed by atoms with Gasteiger partial charge < -0.3 is 25.0 Å². The maximum atomic E-state index is 5.41. The van der Waals surface area contributed by atoms with Crippen LogP contribution in [0.3, 0.4) is 0 Å². The maximum absolute atomic E-state index is 5.41. The van der Waals surface area contributed by atoms with Gasteiger partial charge in [-0.1, -0.05) is 0 Å². The van der Waals surface area contributed by atoms with Gasteiger partial charge in [-0.15, -0.1) is 24.0 Å².